The molecule has 98 valence electrons. The van der Waals surface area contributed by atoms with Crippen molar-refractivity contribution in [3.63, 3.8) is 0 Å². The van der Waals surface area contributed by atoms with Crippen LogP contribution >= 0.6 is 12.2 Å². The maximum atomic E-state index is 5.33. The van der Waals surface area contributed by atoms with Crippen LogP contribution in [0, 0.1) is 4.64 Å². The van der Waals surface area contributed by atoms with Gasteiger partial charge in [-0.3, -0.25) is 0 Å². The van der Waals surface area contributed by atoms with Gasteiger partial charge in [-0.25, -0.2) is 4.98 Å². The van der Waals surface area contributed by atoms with Gasteiger partial charge in [0, 0.05) is 11.6 Å². The highest BCUT2D eigenvalue weighted by atomic mass is 32.1. The summed E-state index contributed by atoms with van der Waals surface area (Å²) in [5.74, 6) is 1.63. The van der Waals surface area contributed by atoms with E-state index < -0.39 is 0 Å². The lowest BCUT2D eigenvalue weighted by Crippen LogP contribution is -2.09. The summed E-state index contributed by atoms with van der Waals surface area (Å²) in [5.41, 5.74) is 2.26. The predicted molar refractivity (Wildman–Crippen MR) is 80.7 cm³/mol. The SMILES string of the molecule is S=c1cc(-c2ccccc2)[nH]c(C2CCCCC2)n1. The van der Waals surface area contributed by atoms with Gasteiger partial charge in [-0.05, 0) is 24.5 Å². The largest absolute Gasteiger partial charge is 0.343 e. The molecular formula is C16H18N2S. The van der Waals surface area contributed by atoms with Crippen molar-refractivity contribution in [2.24, 2.45) is 0 Å². The fourth-order valence-electron chi connectivity index (χ4n) is 2.82. The summed E-state index contributed by atoms with van der Waals surface area (Å²) in [6, 6.07) is 12.3. The van der Waals surface area contributed by atoms with Gasteiger partial charge in [0.1, 0.15) is 10.5 Å². The summed E-state index contributed by atoms with van der Waals surface area (Å²) in [6.45, 7) is 0. The molecule has 2 nitrogen and oxygen atoms in total. The molecule has 1 aliphatic carbocycles. The Labute approximate surface area is 118 Å². The van der Waals surface area contributed by atoms with E-state index in [4.69, 9.17) is 12.2 Å². The number of benzene rings is 1. The highest BCUT2D eigenvalue weighted by Gasteiger charge is 2.17. The summed E-state index contributed by atoms with van der Waals surface area (Å²) >= 11 is 5.33. The summed E-state index contributed by atoms with van der Waals surface area (Å²) < 4.78 is 0.693. The highest BCUT2D eigenvalue weighted by Crippen LogP contribution is 2.31. The summed E-state index contributed by atoms with van der Waals surface area (Å²) in [5, 5.41) is 0. The number of nitrogens with zero attached hydrogens (tertiary/aromatic N) is 1. The first-order valence-electron chi connectivity index (χ1n) is 6.99. The molecule has 19 heavy (non-hydrogen) atoms. The minimum Gasteiger partial charge on any atom is -0.343 e. The maximum Gasteiger partial charge on any atom is 0.130 e. The summed E-state index contributed by atoms with van der Waals surface area (Å²) in [4.78, 5) is 8.04. The molecule has 1 aromatic heterocycles. The third-order valence-corrected chi connectivity index (χ3v) is 4.05. The van der Waals surface area contributed by atoms with E-state index in [1.54, 1.807) is 0 Å². The Hall–Kier alpha value is -1.48. The lowest BCUT2D eigenvalue weighted by molar-refractivity contribution is 0.428. The Bertz CT molecular complexity index is 598. The van der Waals surface area contributed by atoms with Crippen molar-refractivity contribution in [2.75, 3.05) is 0 Å². The standard InChI is InChI=1S/C16H18N2S/c19-15-11-14(12-7-3-1-4-8-12)17-16(18-15)13-9-5-2-6-10-13/h1,3-4,7-8,11,13H,2,5-6,9-10H2,(H,17,18,19). The number of nitrogens with one attached hydrogen (secondary N) is 1. The number of H-pyrrole nitrogens is 1. The van der Waals surface area contributed by atoms with Crippen LogP contribution in [-0.2, 0) is 0 Å². The topological polar surface area (TPSA) is 28.7 Å². The van der Waals surface area contributed by atoms with Crippen molar-refractivity contribution >= 4 is 12.2 Å². The molecule has 0 aliphatic heterocycles. The van der Waals surface area contributed by atoms with Crippen molar-refractivity contribution in [3.8, 4) is 11.3 Å². The van der Waals surface area contributed by atoms with E-state index in [1.807, 2.05) is 24.3 Å². The van der Waals surface area contributed by atoms with E-state index >= 15 is 0 Å². The molecule has 1 heterocycles. The van der Waals surface area contributed by atoms with Crippen molar-refractivity contribution < 1.29 is 0 Å². The molecule has 3 heteroatoms. The van der Waals surface area contributed by atoms with Gasteiger partial charge in [0.05, 0.1) is 0 Å². The third kappa shape index (κ3) is 2.92. The van der Waals surface area contributed by atoms with Crippen LogP contribution < -0.4 is 0 Å². The molecule has 1 saturated carbocycles. The molecule has 0 spiro atoms. The number of aromatic nitrogens is 2. The molecule has 1 aromatic carbocycles. The Morgan fingerprint density at radius 3 is 2.53 bits per heavy atom. The Morgan fingerprint density at radius 1 is 1.05 bits per heavy atom. The quantitative estimate of drug-likeness (QED) is 0.790. The zero-order chi connectivity index (χ0) is 13.1. The molecule has 0 amide bonds. The van der Waals surface area contributed by atoms with Gasteiger partial charge >= 0.3 is 0 Å². The van der Waals surface area contributed by atoms with Gasteiger partial charge in [0.2, 0.25) is 0 Å². The zero-order valence-corrected chi connectivity index (χ0v) is 11.7. The van der Waals surface area contributed by atoms with Gasteiger partial charge < -0.3 is 4.98 Å². The van der Waals surface area contributed by atoms with Crippen LogP contribution in [0.15, 0.2) is 36.4 Å². The molecule has 0 saturated heterocycles. The second-order valence-electron chi connectivity index (χ2n) is 5.22. The number of hydrogen-bond acceptors (Lipinski definition) is 2. The van der Waals surface area contributed by atoms with Crippen LogP contribution in [0.2, 0.25) is 0 Å². The van der Waals surface area contributed by atoms with Gasteiger partial charge in [-0.1, -0.05) is 61.8 Å². The number of aromatic amines is 1. The van der Waals surface area contributed by atoms with Crippen LogP contribution in [0.1, 0.15) is 43.8 Å². The highest BCUT2D eigenvalue weighted by molar-refractivity contribution is 7.71. The lowest BCUT2D eigenvalue weighted by Gasteiger charge is -2.21. The van der Waals surface area contributed by atoms with E-state index in [0.717, 1.165) is 11.5 Å². The normalized spacial score (nSPS) is 16.4. The summed E-state index contributed by atoms with van der Waals surface area (Å²) in [7, 11) is 0. The molecule has 1 N–H and O–H groups in total. The molecule has 1 aliphatic rings. The van der Waals surface area contributed by atoms with Gasteiger partial charge in [0.25, 0.3) is 0 Å². The van der Waals surface area contributed by atoms with Crippen LogP contribution in [0.25, 0.3) is 11.3 Å². The van der Waals surface area contributed by atoms with Crippen LogP contribution in [-0.4, -0.2) is 9.97 Å². The molecule has 0 bridgehead atoms. The number of rotatable bonds is 2. The molecule has 0 unspecified atom stereocenters. The molecule has 1 fully saturated rings. The predicted octanol–water partition coefficient (Wildman–Crippen LogP) is 4.85. The first-order chi connectivity index (χ1) is 9.33. The van der Waals surface area contributed by atoms with E-state index in [1.165, 1.54) is 37.7 Å². The van der Waals surface area contributed by atoms with Crippen molar-refractivity contribution in [1.82, 2.24) is 9.97 Å². The van der Waals surface area contributed by atoms with Crippen LogP contribution in [0.4, 0.5) is 0 Å². The minimum atomic E-state index is 0.555. The zero-order valence-electron chi connectivity index (χ0n) is 10.9. The minimum absolute atomic E-state index is 0.555. The van der Waals surface area contributed by atoms with Crippen LogP contribution in [0.3, 0.4) is 0 Å². The second-order valence-corrected chi connectivity index (χ2v) is 5.64. The second kappa shape index (κ2) is 5.66. The Morgan fingerprint density at radius 2 is 1.79 bits per heavy atom. The van der Waals surface area contributed by atoms with E-state index in [-0.39, 0.29) is 0 Å². The van der Waals surface area contributed by atoms with Gasteiger partial charge in [-0.2, -0.15) is 0 Å². The fraction of sp³-hybridized carbons (Fsp3) is 0.375. The van der Waals surface area contributed by atoms with Gasteiger partial charge in [0.15, 0.2) is 0 Å². The fourth-order valence-corrected chi connectivity index (χ4v) is 3.04. The lowest BCUT2D eigenvalue weighted by atomic mass is 9.88. The third-order valence-electron chi connectivity index (χ3n) is 3.84. The summed E-state index contributed by atoms with van der Waals surface area (Å²) in [6.07, 6.45) is 6.44. The van der Waals surface area contributed by atoms with E-state index in [0.29, 0.717) is 10.6 Å². The Balaban J connectivity index is 1.98. The van der Waals surface area contributed by atoms with E-state index in [9.17, 15) is 0 Å². The van der Waals surface area contributed by atoms with E-state index in [2.05, 4.69) is 22.1 Å². The molecule has 0 atom stereocenters. The smallest absolute Gasteiger partial charge is 0.130 e. The monoisotopic (exact) mass is 270 g/mol. The molecule has 0 radical (unpaired) electrons. The Kier molecular flexibility index (Phi) is 3.74. The molecule has 2 aromatic rings. The average molecular weight is 270 g/mol. The first kappa shape index (κ1) is 12.5. The average Bonchev–Trinajstić information content (AvgIpc) is 2.48. The molecule has 3 rings (SSSR count). The van der Waals surface area contributed by atoms with Gasteiger partial charge in [-0.15, -0.1) is 0 Å². The first-order valence-corrected chi connectivity index (χ1v) is 7.40. The van der Waals surface area contributed by atoms with Crippen molar-refractivity contribution in [3.05, 3.63) is 46.9 Å². The van der Waals surface area contributed by atoms with Crippen LogP contribution in [0.5, 0.6) is 0 Å². The number of hydrogen-bond donors (Lipinski definition) is 1. The van der Waals surface area contributed by atoms with Crippen molar-refractivity contribution in [2.45, 2.75) is 38.0 Å². The molecular weight excluding hydrogens is 252 g/mol. The maximum absolute atomic E-state index is 5.33. The van der Waals surface area contributed by atoms with Crippen molar-refractivity contribution in [1.29, 1.82) is 0 Å².